The van der Waals surface area contributed by atoms with E-state index in [1.54, 1.807) is 6.92 Å². The second-order valence-electron chi connectivity index (χ2n) is 1.88. The number of aliphatic hydroxyl groups excluding tert-OH is 1. The average molecular weight is 161 g/mol. The van der Waals surface area contributed by atoms with E-state index in [-0.39, 0.29) is 11.5 Å². The van der Waals surface area contributed by atoms with Crippen molar-refractivity contribution in [2.45, 2.75) is 13.8 Å². The molecular weight excluding hydrogens is 150 g/mol. The smallest absolute Gasteiger partial charge is 0.373 e. The van der Waals surface area contributed by atoms with Crippen molar-refractivity contribution < 1.29 is 20.0 Å². The van der Waals surface area contributed by atoms with Crippen molar-refractivity contribution in [2.24, 2.45) is 0 Å². The third kappa shape index (κ3) is 2.90. The standard InChI is InChI=1S/C6H11NO4/c1-3-7-5(8)4(2)6(9)11-10/h7-8,10H,3H2,1-2H3. The van der Waals surface area contributed by atoms with Gasteiger partial charge in [-0.1, -0.05) is 0 Å². The molecule has 11 heavy (non-hydrogen) atoms. The average Bonchev–Trinajstić information content (AvgIpc) is 2.02. The number of carbonyl (C=O) groups excluding carboxylic acids is 1. The van der Waals surface area contributed by atoms with Crippen LogP contribution < -0.4 is 5.32 Å². The zero-order chi connectivity index (χ0) is 8.85. The van der Waals surface area contributed by atoms with Gasteiger partial charge < -0.3 is 10.4 Å². The Balaban J connectivity index is 4.26. The van der Waals surface area contributed by atoms with Crippen LogP contribution in [0, 0.1) is 0 Å². The summed E-state index contributed by atoms with van der Waals surface area (Å²) in [6.45, 7) is 3.58. The molecule has 0 aliphatic heterocycles. The Labute approximate surface area is 64.2 Å². The van der Waals surface area contributed by atoms with Crippen LogP contribution in [0.15, 0.2) is 11.5 Å². The highest BCUT2D eigenvalue weighted by Crippen LogP contribution is 1.98. The van der Waals surface area contributed by atoms with Gasteiger partial charge in [-0.3, -0.25) is 4.89 Å². The van der Waals surface area contributed by atoms with E-state index in [9.17, 15) is 4.79 Å². The van der Waals surface area contributed by atoms with E-state index in [1.807, 2.05) is 0 Å². The Hall–Kier alpha value is -1.23. The van der Waals surface area contributed by atoms with Crippen LogP contribution >= 0.6 is 0 Å². The van der Waals surface area contributed by atoms with Gasteiger partial charge in [0.15, 0.2) is 5.88 Å². The molecule has 0 aliphatic rings. The van der Waals surface area contributed by atoms with Gasteiger partial charge in [-0.2, -0.15) is 5.26 Å². The van der Waals surface area contributed by atoms with Crippen LogP contribution in [0.3, 0.4) is 0 Å². The number of hydrogen-bond acceptors (Lipinski definition) is 5. The second-order valence-corrected chi connectivity index (χ2v) is 1.88. The summed E-state index contributed by atoms with van der Waals surface area (Å²) >= 11 is 0. The van der Waals surface area contributed by atoms with Crippen molar-refractivity contribution in [1.29, 1.82) is 0 Å². The van der Waals surface area contributed by atoms with E-state index in [0.29, 0.717) is 6.54 Å². The van der Waals surface area contributed by atoms with Gasteiger partial charge in [0, 0.05) is 6.54 Å². The molecule has 0 heterocycles. The van der Waals surface area contributed by atoms with Crippen molar-refractivity contribution in [3.8, 4) is 0 Å². The third-order valence-electron chi connectivity index (χ3n) is 1.09. The van der Waals surface area contributed by atoms with Gasteiger partial charge in [0.2, 0.25) is 0 Å². The van der Waals surface area contributed by atoms with Crippen LogP contribution in [0.5, 0.6) is 0 Å². The minimum absolute atomic E-state index is 0.0608. The molecule has 0 rings (SSSR count). The van der Waals surface area contributed by atoms with Gasteiger partial charge in [-0.15, -0.1) is 0 Å². The highest BCUT2D eigenvalue weighted by Gasteiger charge is 2.10. The van der Waals surface area contributed by atoms with Gasteiger partial charge >= 0.3 is 5.97 Å². The van der Waals surface area contributed by atoms with Gasteiger partial charge in [0.1, 0.15) is 0 Å². The van der Waals surface area contributed by atoms with Crippen LogP contribution in [-0.4, -0.2) is 22.9 Å². The largest absolute Gasteiger partial charge is 0.494 e. The van der Waals surface area contributed by atoms with Crippen molar-refractivity contribution in [3.05, 3.63) is 11.5 Å². The molecule has 0 fully saturated rings. The minimum atomic E-state index is -0.969. The number of rotatable bonds is 3. The van der Waals surface area contributed by atoms with E-state index in [1.165, 1.54) is 6.92 Å². The van der Waals surface area contributed by atoms with E-state index in [0.717, 1.165) is 0 Å². The van der Waals surface area contributed by atoms with E-state index in [2.05, 4.69) is 10.2 Å². The molecule has 0 aromatic carbocycles. The van der Waals surface area contributed by atoms with Crippen molar-refractivity contribution >= 4 is 5.97 Å². The molecule has 0 spiro atoms. The summed E-state index contributed by atoms with van der Waals surface area (Å²) < 4.78 is 0. The molecule has 0 atom stereocenters. The molecule has 0 radical (unpaired) electrons. The Bertz CT molecular complexity index is 175. The van der Waals surface area contributed by atoms with Gasteiger partial charge in [0.25, 0.3) is 0 Å². The lowest BCUT2D eigenvalue weighted by atomic mass is 10.3. The van der Waals surface area contributed by atoms with Crippen LogP contribution in [0.4, 0.5) is 0 Å². The first-order valence-electron chi connectivity index (χ1n) is 3.13. The first-order valence-corrected chi connectivity index (χ1v) is 3.13. The van der Waals surface area contributed by atoms with Crippen LogP contribution in [0.1, 0.15) is 13.8 Å². The fourth-order valence-electron chi connectivity index (χ4n) is 0.465. The Morgan fingerprint density at radius 2 is 2.18 bits per heavy atom. The van der Waals surface area contributed by atoms with Gasteiger partial charge in [-0.25, -0.2) is 4.79 Å². The number of aliphatic hydroxyl groups is 1. The summed E-state index contributed by atoms with van der Waals surface area (Å²) in [6, 6.07) is 0. The predicted molar refractivity (Wildman–Crippen MR) is 37.7 cm³/mol. The zero-order valence-corrected chi connectivity index (χ0v) is 6.42. The van der Waals surface area contributed by atoms with Crippen molar-refractivity contribution in [3.63, 3.8) is 0 Å². The SMILES string of the molecule is CCNC(O)=C(C)C(=O)OO. The molecule has 0 aromatic heterocycles. The van der Waals surface area contributed by atoms with Crippen LogP contribution in [-0.2, 0) is 9.68 Å². The minimum Gasteiger partial charge on any atom is -0.494 e. The summed E-state index contributed by atoms with van der Waals surface area (Å²) in [7, 11) is 0. The van der Waals surface area contributed by atoms with E-state index in [4.69, 9.17) is 10.4 Å². The normalized spacial score (nSPS) is 11.9. The molecule has 0 bridgehead atoms. The van der Waals surface area contributed by atoms with Gasteiger partial charge in [0.05, 0.1) is 5.57 Å². The van der Waals surface area contributed by atoms with Crippen molar-refractivity contribution in [2.75, 3.05) is 6.54 Å². The lowest BCUT2D eigenvalue weighted by molar-refractivity contribution is -0.229. The molecule has 0 unspecified atom stereocenters. The molecule has 3 N–H and O–H groups in total. The number of carbonyl (C=O) groups is 1. The fraction of sp³-hybridized carbons (Fsp3) is 0.500. The summed E-state index contributed by atoms with van der Waals surface area (Å²) in [5, 5.41) is 19.4. The molecule has 0 aliphatic carbocycles. The maximum atomic E-state index is 10.5. The third-order valence-corrected chi connectivity index (χ3v) is 1.09. The highest BCUT2D eigenvalue weighted by molar-refractivity contribution is 5.87. The Morgan fingerprint density at radius 1 is 1.64 bits per heavy atom. The summed E-state index contributed by atoms with van der Waals surface area (Å²) in [4.78, 5) is 13.9. The lowest BCUT2D eigenvalue weighted by Gasteiger charge is -2.03. The molecule has 5 nitrogen and oxygen atoms in total. The van der Waals surface area contributed by atoms with E-state index >= 15 is 0 Å². The number of hydrogen-bond donors (Lipinski definition) is 3. The Kier molecular flexibility index (Phi) is 4.05. The maximum absolute atomic E-state index is 10.5. The second kappa shape index (κ2) is 4.56. The predicted octanol–water partition coefficient (Wildman–Crippen LogP) is 0.402. The summed E-state index contributed by atoms with van der Waals surface area (Å²) in [5.41, 5.74) is -0.0608. The molecular formula is C6H11NO4. The van der Waals surface area contributed by atoms with Gasteiger partial charge in [-0.05, 0) is 13.8 Å². The van der Waals surface area contributed by atoms with E-state index < -0.39 is 5.97 Å². The molecule has 5 heteroatoms. The lowest BCUT2D eigenvalue weighted by Crippen LogP contribution is -2.17. The molecule has 0 saturated heterocycles. The summed E-state index contributed by atoms with van der Waals surface area (Å²) in [6.07, 6.45) is 0. The number of nitrogens with one attached hydrogen (secondary N) is 1. The van der Waals surface area contributed by atoms with Crippen molar-refractivity contribution in [1.82, 2.24) is 5.32 Å². The molecule has 0 amide bonds. The molecule has 64 valence electrons. The fourth-order valence-corrected chi connectivity index (χ4v) is 0.465. The maximum Gasteiger partial charge on any atom is 0.373 e. The molecule has 0 saturated carbocycles. The summed E-state index contributed by atoms with van der Waals surface area (Å²) in [5.74, 6) is -1.25. The monoisotopic (exact) mass is 161 g/mol. The highest BCUT2D eigenvalue weighted by atomic mass is 17.1. The van der Waals surface area contributed by atoms with Crippen LogP contribution in [0.2, 0.25) is 0 Å². The van der Waals surface area contributed by atoms with Crippen LogP contribution in [0.25, 0.3) is 0 Å². The first-order chi connectivity index (χ1) is 5.13. The first kappa shape index (κ1) is 9.77. The quantitative estimate of drug-likeness (QED) is 0.242. The Morgan fingerprint density at radius 3 is 2.55 bits per heavy atom. The topological polar surface area (TPSA) is 78.8 Å². The zero-order valence-electron chi connectivity index (χ0n) is 6.42. The molecule has 0 aromatic rings.